The van der Waals surface area contributed by atoms with Crippen LogP contribution in [0.15, 0.2) is 24.3 Å². The molecule has 2 atom stereocenters. The summed E-state index contributed by atoms with van der Waals surface area (Å²) in [4.78, 5) is 26.2. The van der Waals surface area contributed by atoms with Crippen molar-refractivity contribution < 1.29 is 9.59 Å². The van der Waals surface area contributed by atoms with E-state index in [1.54, 1.807) is 12.1 Å². The number of nitrogens with one attached hydrogen (secondary N) is 2. The fourth-order valence-electron chi connectivity index (χ4n) is 3.47. The van der Waals surface area contributed by atoms with E-state index in [1.807, 2.05) is 12.1 Å². The Labute approximate surface area is 161 Å². The predicted octanol–water partition coefficient (Wildman–Crippen LogP) is 3.15. The third kappa shape index (κ3) is 7.34. The summed E-state index contributed by atoms with van der Waals surface area (Å²) in [6.07, 6.45) is 3.77. The van der Waals surface area contributed by atoms with Gasteiger partial charge in [0.2, 0.25) is 11.8 Å². The standard InChI is InChI=1S/C20H30ClN3O2/c1-15-5-3-11-24(14-15)12-4-10-22-20(26)13-19(23-16(2)25)17-6-8-18(21)9-7-17/h6-9,15,19H,3-5,10-14H2,1-2H3,(H,22,26)(H,23,25). The number of carbonyl (C=O) groups is 2. The first-order chi connectivity index (χ1) is 12.4. The maximum absolute atomic E-state index is 12.3. The molecule has 1 aliphatic rings. The van der Waals surface area contributed by atoms with Crippen molar-refractivity contribution in [3.05, 3.63) is 34.9 Å². The second kappa shape index (κ2) is 10.5. The van der Waals surface area contributed by atoms with E-state index in [9.17, 15) is 9.59 Å². The minimum absolute atomic E-state index is 0.0503. The highest BCUT2D eigenvalue weighted by molar-refractivity contribution is 6.30. The SMILES string of the molecule is CC(=O)NC(CC(=O)NCCCN1CCCC(C)C1)c1ccc(Cl)cc1. The van der Waals surface area contributed by atoms with Crippen LogP contribution in [0.5, 0.6) is 0 Å². The van der Waals surface area contributed by atoms with E-state index >= 15 is 0 Å². The van der Waals surface area contributed by atoms with E-state index in [0.717, 1.165) is 31.0 Å². The van der Waals surface area contributed by atoms with Gasteiger partial charge in [-0.15, -0.1) is 0 Å². The summed E-state index contributed by atoms with van der Waals surface area (Å²) in [5.41, 5.74) is 0.877. The Morgan fingerprint density at radius 1 is 1.31 bits per heavy atom. The van der Waals surface area contributed by atoms with Crippen molar-refractivity contribution >= 4 is 23.4 Å². The largest absolute Gasteiger partial charge is 0.356 e. The van der Waals surface area contributed by atoms with Gasteiger partial charge < -0.3 is 15.5 Å². The molecule has 1 fully saturated rings. The number of hydrogen-bond acceptors (Lipinski definition) is 3. The van der Waals surface area contributed by atoms with Crippen LogP contribution in [0.3, 0.4) is 0 Å². The smallest absolute Gasteiger partial charge is 0.222 e. The molecule has 1 aromatic rings. The highest BCUT2D eigenvalue weighted by Crippen LogP contribution is 2.19. The van der Waals surface area contributed by atoms with Crippen molar-refractivity contribution in [2.45, 2.75) is 45.6 Å². The molecule has 1 saturated heterocycles. The van der Waals surface area contributed by atoms with Gasteiger partial charge in [0.25, 0.3) is 0 Å². The minimum atomic E-state index is -0.340. The lowest BCUT2D eigenvalue weighted by atomic mass is 10.0. The van der Waals surface area contributed by atoms with Gasteiger partial charge in [-0.25, -0.2) is 0 Å². The van der Waals surface area contributed by atoms with E-state index in [2.05, 4.69) is 22.5 Å². The summed E-state index contributed by atoms with van der Waals surface area (Å²) >= 11 is 5.91. The van der Waals surface area contributed by atoms with Crippen LogP contribution >= 0.6 is 11.6 Å². The van der Waals surface area contributed by atoms with Crippen LogP contribution in [0.1, 0.15) is 51.1 Å². The van der Waals surface area contributed by atoms with E-state index in [1.165, 1.54) is 26.3 Å². The van der Waals surface area contributed by atoms with Crippen molar-refractivity contribution in [3.8, 4) is 0 Å². The zero-order chi connectivity index (χ0) is 18.9. The number of hydrogen-bond donors (Lipinski definition) is 2. The molecule has 2 N–H and O–H groups in total. The molecular weight excluding hydrogens is 350 g/mol. The zero-order valence-electron chi connectivity index (χ0n) is 15.8. The maximum Gasteiger partial charge on any atom is 0.222 e. The summed E-state index contributed by atoms with van der Waals surface area (Å²) in [6.45, 7) is 7.77. The van der Waals surface area contributed by atoms with Gasteiger partial charge in [0, 0.05) is 25.0 Å². The molecule has 0 saturated carbocycles. The van der Waals surface area contributed by atoms with Crippen molar-refractivity contribution in [2.24, 2.45) is 5.92 Å². The lowest BCUT2D eigenvalue weighted by Crippen LogP contribution is -2.37. The van der Waals surface area contributed by atoms with Crippen LogP contribution in [-0.4, -0.2) is 42.9 Å². The second-order valence-corrected chi connectivity index (χ2v) is 7.70. The first kappa shape index (κ1) is 20.7. The Hall–Kier alpha value is -1.59. The van der Waals surface area contributed by atoms with Gasteiger partial charge in [0.15, 0.2) is 0 Å². The molecule has 0 bridgehead atoms. The number of nitrogens with zero attached hydrogens (tertiary/aromatic N) is 1. The third-order valence-corrected chi connectivity index (χ3v) is 5.01. The van der Waals surface area contributed by atoms with E-state index in [4.69, 9.17) is 11.6 Å². The molecule has 0 spiro atoms. The van der Waals surface area contributed by atoms with Gasteiger partial charge in [-0.2, -0.15) is 0 Å². The number of rotatable bonds is 8. The Morgan fingerprint density at radius 2 is 2.04 bits per heavy atom. The highest BCUT2D eigenvalue weighted by Gasteiger charge is 2.18. The van der Waals surface area contributed by atoms with Crippen molar-refractivity contribution in [1.82, 2.24) is 15.5 Å². The first-order valence-electron chi connectivity index (χ1n) is 9.45. The van der Waals surface area contributed by atoms with Gasteiger partial charge in [0.05, 0.1) is 12.5 Å². The molecule has 0 aromatic heterocycles. The quantitative estimate of drug-likeness (QED) is 0.682. The summed E-state index contributed by atoms with van der Waals surface area (Å²) in [6, 6.07) is 6.88. The lowest BCUT2D eigenvalue weighted by Gasteiger charge is -2.30. The number of carbonyl (C=O) groups excluding carboxylic acids is 2. The normalized spacial score (nSPS) is 19.0. The molecule has 1 aliphatic heterocycles. The van der Waals surface area contributed by atoms with E-state index < -0.39 is 0 Å². The molecule has 1 heterocycles. The molecule has 0 aliphatic carbocycles. The average Bonchev–Trinajstić information content (AvgIpc) is 2.58. The molecule has 26 heavy (non-hydrogen) atoms. The summed E-state index contributed by atoms with van der Waals surface area (Å²) in [5, 5.41) is 6.45. The van der Waals surface area contributed by atoms with Gasteiger partial charge in [-0.3, -0.25) is 9.59 Å². The Balaban J connectivity index is 1.75. The molecule has 144 valence electrons. The molecule has 2 unspecified atom stereocenters. The van der Waals surface area contributed by atoms with E-state index in [0.29, 0.717) is 11.6 Å². The lowest BCUT2D eigenvalue weighted by molar-refractivity contribution is -0.122. The Morgan fingerprint density at radius 3 is 2.69 bits per heavy atom. The van der Waals surface area contributed by atoms with Gasteiger partial charge in [-0.05, 0) is 56.0 Å². The first-order valence-corrected chi connectivity index (χ1v) is 9.83. The summed E-state index contributed by atoms with van der Waals surface area (Å²) in [7, 11) is 0. The summed E-state index contributed by atoms with van der Waals surface area (Å²) < 4.78 is 0. The molecule has 1 aromatic carbocycles. The van der Waals surface area contributed by atoms with Crippen LogP contribution in [0.2, 0.25) is 5.02 Å². The molecule has 5 nitrogen and oxygen atoms in total. The van der Waals surface area contributed by atoms with Gasteiger partial charge in [0.1, 0.15) is 0 Å². The monoisotopic (exact) mass is 379 g/mol. The second-order valence-electron chi connectivity index (χ2n) is 7.26. The van der Waals surface area contributed by atoms with Crippen molar-refractivity contribution in [2.75, 3.05) is 26.2 Å². The summed E-state index contributed by atoms with van der Waals surface area (Å²) in [5.74, 6) is 0.568. The van der Waals surface area contributed by atoms with Crippen molar-refractivity contribution in [3.63, 3.8) is 0 Å². The number of halogens is 1. The molecular formula is C20H30ClN3O2. The third-order valence-electron chi connectivity index (χ3n) is 4.75. The molecule has 2 rings (SSSR count). The number of likely N-dealkylation sites (tertiary alicyclic amines) is 1. The molecule has 0 radical (unpaired) electrons. The number of amides is 2. The average molecular weight is 380 g/mol. The predicted molar refractivity (Wildman–Crippen MR) is 105 cm³/mol. The van der Waals surface area contributed by atoms with E-state index in [-0.39, 0.29) is 24.3 Å². The maximum atomic E-state index is 12.3. The molecule has 2 amide bonds. The van der Waals surface area contributed by atoms with Crippen LogP contribution < -0.4 is 10.6 Å². The highest BCUT2D eigenvalue weighted by atomic mass is 35.5. The fraction of sp³-hybridized carbons (Fsp3) is 0.600. The van der Waals surface area contributed by atoms with Crippen LogP contribution in [0.4, 0.5) is 0 Å². The minimum Gasteiger partial charge on any atom is -0.356 e. The topological polar surface area (TPSA) is 61.4 Å². The van der Waals surface area contributed by atoms with Crippen LogP contribution in [0.25, 0.3) is 0 Å². The number of benzene rings is 1. The van der Waals surface area contributed by atoms with Crippen LogP contribution in [-0.2, 0) is 9.59 Å². The number of piperidine rings is 1. The van der Waals surface area contributed by atoms with Gasteiger partial charge >= 0.3 is 0 Å². The fourth-order valence-corrected chi connectivity index (χ4v) is 3.60. The van der Waals surface area contributed by atoms with Crippen molar-refractivity contribution in [1.29, 1.82) is 0 Å². The van der Waals surface area contributed by atoms with Crippen LogP contribution in [0, 0.1) is 5.92 Å². The van der Waals surface area contributed by atoms with Gasteiger partial charge in [-0.1, -0.05) is 30.7 Å². The zero-order valence-corrected chi connectivity index (χ0v) is 16.5. The Kier molecular flexibility index (Phi) is 8.39. The Bertz CT molecular complexity index is 591. The molecule has 6 heteroatoms.